The van der Waals surface area contributed by atoms with Gasteiger partial charge in [-0.3, -0.25) is 0 Å². The molecule has 0 saturated carbocycles. The van der Waals surface area contributed by atoms with Crippen molar-refractivity contribution in [2.24, 2.45) is 5.90 Å². The molecule has 0 unspecified atom stereocenters. The summed E-state index contributed by atoms with van der Waals surface area (Å²) in [7, 11) is 1.59. The van der Waals surface area contributed by atoms with Crippen molar-refractivity contribution in [2.45, 2.75) is 13.0 Å². The topological polar surface area (TPSA) is 64.7 Å². The number of hydrogen-bond acceptors (Lipinski definition) is 4. The lowest BCUT2D eigenvalue weighted by atomic mass is 10.1. The maximum atomic E-state index is 9.57. The lowest BCUT2D eigenvalue weighted by Gasteiger charge is -2.06. The lowest BCUT2D eigenvalue weighted by molar-refractivity contribution is 0.141. The molecule has 78 valence electrons. The minimum atomic E-state index is 0.251. The third-order valence-corrected chi connectivity index (χ3v) is 1.96. The summed E-state index contributed by atoms with van der Waals surface area (Å²) in [5, 5.41) is 9.57. The van der Waals surface area contributed by atoms with Crippen LogP contribution in [0, 0.1) is 0 Å². The van der Waals surface area contributed by atoms with Crippen molar-refractivity contribution in [1.82, 2.24) is 0 Å². The van der Waals surface area contributed by atoms with Crippen LogP contribution >= 0.6 is 0 Å². The summed E-state index contributed by atoms with van der Waals surface area (Å²) in [4.78, 5) is 4.46. The highest BCUT2D eigenvalue weighted by Crippen LogP contribution is 2.19. The Kier molecular flexibility index (Phi) is 4.39. The quantitative estimate of drug-likeness (QED) is 0.690. The molecule has 0 radical (unpaired) electrons. The van der Waals surface area contributed by atoms with Crippen molar-refractivity contribution in [3.05, 3.63) is 29.3 Å². The fourth-order valence-electron chi connectivity index (χ4n) is 1.22. The molecule has 0 atom stereocenters. The van der Waals surface area contributed by atoms with Crippen molar-refractivity contribution in [2.75, 3.05) is 13.7 Å². The van der Waals surface area contributed by atoms with E-state index < -0.39 is 0 Å². The fourth-order valence-corrected chi connectivity index (χ4v) is 1.22. The van der Waals surface area contributed by atoms with Gasteiger partial charge in [0, 0.05) is 12.7 Å². The van der Waals surface area contributed by atoms with Gasteiger partial charge in [0.15, 0.2) is 0 Å². The summed E-state index contributed by atoms with van der Waals surface area (Å²) < 4.78 is 4.93. The molecule has 0 fully saturated rings. The molecule has 0 bridgehead atoms. The summed E-state index contributed by atoms with van der Waals surface area (Å²) in [6.45, 7) is 0.864. The summed E-state index contributed by atoms with van der Waals surface area (Å²) >= 11 is 0. The molecule has 0 heterocycles. The van der Waals surface area contributed by atoms with Crippen molar-refractivity contribution in [3.8, 4) is 5.75 Å². The van der Waals surface area contributed by atoms with Crippen LogP contribution in [-0.4, -0.2) is 18.8 Å². The van der Waals surface area contributed by atoms with Crippen LogP contribution in [0.4, 0.5) is 0 Å². The van der Waals surface area contributed by atoms with Crippen molar-refractivity contribution >= 4 is 0 Å². The number of aromatic hydroxyl groups is 1. The first kappa shape index (κ1) is 11.0. The largest absolute Gasteiger partial charge is 0.508 e. The third kappa shape index (κ3) is 2.99. The van der Waals surface area contributed by atoms with Gasteiger partial charge in [-0.1, -0.05) is 12.1 Å². The van der Waals surface area contributed by atoms with Crippen LogP contribution in [-0.2, 0) is 22.6 Å². The monoisotopic (exact) mass is 197 g/mol. The van der Waals surface area contributed by atoms with E-state index in [-0.39, 0.29) is 5.75 Å². The second-order valence-electron chi connectivity index (χ2n) is 3.02. The average molecular weight is 197 g/mol. The Balaban J connectivity index is 2.68. The van der Waals surface area contributed by atoms with Crippen LogP contribution in [0.3, 0.4) is 0 Å². The van der Waals surface area contributed by atoms with Gasteiger partial charge in [0.2, 0.25) is 0 Å². The number of phenolic OH excluding ortho intramolecular Hbond substituents is 1. The predicted molar refractivity (Wildman–Crippen MR) is 52.7 cm³/mol. The predicted octanol–water partition coefficient (Wildman–Crippen LogP) is 0.971. The molecule has 14 heavy (non-hydrogen) atoms. The van der Waals surface area contributed by atoms with Crippen molar-refractivity contribution < 1.29 is 14.7 Å². The maximum Gasteiger partial charge on any atom is 0.121 e. The molecule has 0 spiro atoms. The summed E-state index contributed by atoms with van der Waals surface area (Å²) in [5.41, 5.74) is 1.78. The second kappa shape index (κ2) is 5.59. The van der Waals surface area contributed by atoms with Crippen LogP contribution in [0.5, 0.6) is 5.75 Å². The zero-order chi connectivity index (χ0) is 10.4. The molecule has 0 aliphatic rings. The van der Waals surface area contributed by atoms with Crippen molar-refractivity contribution in [3.63, 3.8) is 0 Å². The van der Waals surface area contributed by atoms with E-state index in [1.54, 1.807) is 13.2 Å². The van der Waals surface area contributed by atoms with Crippen LogP contribution in [0.25, 0.3) is 0 Å². The van der Waals surface area contributed by atoms with E-state index in [2.05, 4.69) is 4.84 Å². The van der Waals surface area contributed by atoms with E-state index >= 15 is 0 Å². The molecular formula is C10H15NO3. The van der Waals surface area contributed by atoms with E-state index in [1.165, 1.54) is 0 Å². The maximum absolute atomic E-state index is 9.57. The van der Waals surface area contributed by atoms with Gasteiger partial charge in [0.1, 0.15) is 5.75 Å². The van der Waals surface area contributed by atoms with Gasteiger partial charge in [-0.05, 0) is 18.1 Å². The van der Waals surface area contributed by atoms with Crippen LogP contribution in [0.1, 0.15) is 11.1 Å². The standard InChI is InChI=1S/C10H15NO3/c1-13-7-9-3-2-8(4-5-14-11)6-10(9)12/h2-3,6,12H,4-5,7,11H2,1H3. The Morgan fingerprint density at radius 3 is 2.79 bits per heavy atom. The molecule has 0 aliphatic heterocycles. The third-order valence-electron chi connectivity index (χ3n) is 1.96. The molecule has 4 nitrogen and oxygen atoms in total. The molecule has 1 aromatic rings. The molecule has 0 saturated heterocycles. The number of hydrogen-bond donors (Lipinski definition) is 2. The van der Waals surface area contributed by atoms with Gasteiger partial charge < -0.3 is 14.7 Å². The number of ether oxygens (including phenoxy) is 1. The van der Waals surface area contributed by atoms with E-state index in [9.17, 15) is 5.11 Å². The lowest BCUT2D eigenvalue weighted by Crippen LogP contribution is -2.03. The van der Waals surface area contributed by atoms with Gasteiger partial charge in [-0.25, -0.2) is 5.90 Å². The summed E-state index contributed by atoms with van der Waals surface area (Å²) in [5.74, 6) is 5.16. The van der Waals surface area contributed by atoms with Gasteiger partial charge in [0.25, 0.3) is 0 Å². The zero-order valence-corrected chi connectivity index (χ0v) is 8.19. The van der Waals surface area contributed by atoms with E-state index in [0.29, 0.717) is 19.6 Å². The van der Waals surface area contributed by atoms with Gasteiger partial charge in [0.05, 0.1) is 13.2 Å². The van der Waals surface area contributed by atoms with Gasteiger partial charge >= 0.3 is 0 Å². The van der Waals surface area contributed by atoms with E-state index in [0.717, 1.165) is 11.1 Å². The number of nitrogens with two attached hydrogens (primary N) is 1. The molecular weight excluding hydrogens is 182 g/mol. The highest BCUT2D eigenvalue weighted by Gasteiger charge is 2.02. The Bertz CT molecular complexity index is 289. The molecule has 3 N–H and O–H groups in total. The second-order valence-corrected chi connectivity index (χ2v) is 3.02. The molecule has 0 amide bonds. The molecule has 1 aromatic carbocycles. The van der Waals surface area contributed by atoms with Crippen LogP contribution in [0.15, 0.2) is 18.2 Å². The summed E-state index contributed by atoms with van der Waals surface area (Å²) in [6, 6.07) is 5.46. The minimum absolute atomic E-state index is 0.251. The van der Waals surface area contributed by atoms with Crippen LogP contribution < -0.4 is 5.90 Å². The highest BCUT2D eigenvalue weighted by atomic mass is 16.6. The number of rotatable bonds is 5. The van der Waals surface area contributed by atoms with Crippen molar-refractivity contribution in [1.29, 1.82) is 0 Å². The average Bonchev–Trinajstić information content (AvgIpc) is 2.19. The molecule has 0 aliphatic carbocycles. The SMILES string of the molecule is COCc1ccc(CCON)cc1O. The Morgan fingerprint density at radius 1 is 1.43 bits per heavy atom. The molecule has 0 aromatic heterocycles. The summed E-state index contributed by atoms with van der Waals surface area (Å²) in [6.07, 6.45) is 0.692. The number of methoxy groups -OCH3 is 1. The van der Waals surface area contributed by atoms with Gasteiger partial charge in [-0.2, -0.15) is 0 Å². The Hall–Kier alpha value is -1.10. The smallest absolute Gasteiger partial charge is 0.121 e. The minimum Gasteiger partial charge on any atom is -0.508 e. The molecule has 1 rings (SSSR count). The number of benzene rings is 1. The van der Waals surface area contributed by atoms with Crippen LogP contribution in [0.2, 0.25) is 0 Å². The zero-order valence-electron chi connectivity index (χ0n) is 8.19. The fraction of sp³-hybridized carbons (Fsp3) is 0.400. The Labute approximate surface area is 83.2 Å². The first-order chi connectivity index (χ1) is 6.77. The van der Waals surface area contributed by atoms with Gasteiger partial charge in [-0.15, -0.1) is 0 Å². The van der Waals surface area contributed by atoms with E-state index in [4.69, 9.17) is 10.6 Å². The highest BCUT2D eigenvalue weighted by molar-refractivity contribution is 5.36. The normalized spacial score (nSPS) is 10.4. The Morgan fingerprint density at radius 2 is 2.21 bits per heavy atom. The number of phenols is 1. The first-order valence-electron chi connectivity index (χ1n) is 4.39. The molecule has 4 heteroatoms. The first-order valence-corrected chi connectivity index (χ1v) is 4.39. The van der Waals surface area contributed by atoms with E-state index in [1.807, 2.05) is 12.1 Å².